The van der Waals surface area contributed by atoms with Crippen molar-refractivity contribution in [1.82, 2.24) is 0 Å². The first-order chi connectivity index (χ1) is 11.7. The van der Waals surface area contributed by atoms with E-state index in [9.17, 15) is 9.18 Å². The van der Waals surface area contributed by atoms with E-state index >= 15 is 0 Å². The Kier molecular flexibility index (Phi) is 5.16. The molecule has 2 aromatic rings. The van der Waals surface area contributed by atoms with E-state index in [1.165, 1.54) is 17.7 Å². The normalized spacial score (nSPS) is 12.8. The van der Waals surface area contributed by atoms with Crippen LogP contribution in [0.3, 0.4) is 0 Å². The highest BCUT2D eigenvalue weighted by molar-refractivity contribution is 6.30. The summed E-state index contributed by atoms with van der Waals surface area (Å²) in [5.74, 6) is 0.359. The van der Waals surface area contributed by atoms with Crippen molar-refractivity contribution in [3.05, 3.63) is 63.9 Å². The van der Waals surface area contributed by atoms with Gasteiger partial charge in [-0.25, -0.2) is 4.39 Å². The number of ether oxygens (including phenoxy) is 2. The van der Waals surface area contributed by atoms with Crippen LogP contribution in [0.5, 0.6) is 11.5 Å². The molecule has 0 spiro atoms. The van der Waals surface area contributed by atoms with Crippen LogP contribution >= 0.6 is 11.6 Å². The van der Waals surface area contributed by atoms with Gasteiger partial charge in [0.05, 0.1) is 12.2 Å². The van der Waals surface area contributed by atoms with Crippen LogP contribution in [-0.2, 0) is 11.2 Å². The van der Waals surface area contributed by atoms with E-state index in [1.54, 1.807) is 6.07 Å². The SMILES string of the molecule is O=CC1=Cc2c(F)cc(OCCCc3ccc(Cl)cc3)cc2OC1. The average Bonchev–Trinajstić information content (AvgIpc) is 2.60. The van der Waals surface area contributed by atoms with Gasteiger partial charge in [0.2, 0.25) is 0 Å². The van der Waals surface area contributed by atoms with Crippen LogP contribution in [-0.4, -0.2) is 19.5 Å². The molecule has 3 nitrogen and oxygen atoms in total. The summed E-state index contributed by atoms with van der Waals surface area (Å²) < 4.78 is 25.1. The quantitative estimate of drug-likeness (QED) is 0.572. The fourth-order valence-corrected chi connectivity index (χ4v) is 2.61. The second-order valence-electron chi connectivity index (χ2n) is 5.52. The predicted octanol–water partition coefficient (Wildman–Crippen LogP) is 4.47. The molecule has 1 heterocycles. The van der Waals surface area contributed by atoms with E-state index in [0.717, 1.165) is 12.8 Å². The topological polar surface area (TPSA) is 35.5 Å². The number of hydrogen-bond donors (Lipinski definition) is 0. The number of carbonyl (C=O) groups excluding carboxylic acids is 1. The Morgan fingerprint density at radius 3 is 2.79 bits per heavy atom. The predicted molar refractivity (Wildman–Crippen MR) is 91.2 cm³/mol. The van der Waals surface area contributed by atoms with Crippen LogP contribution < -0.4 is 9.47 Å². The van der Waals surface area contributed by atoms with Crippen molar-refractivity contribution >= 4 is 24.0 Å². The number of rotatable bonds is 6. The number of hydrogen-bond acceptors (Lipinski definition) is 3. The molecule has 1 aliphatic heterocycles. The lowest BCUT2D eigenvalue weighted by Crippen LogP contribution is -2.10. The van der Waals surface area contributed by atoms with E-state index in [-0.39, 0.29) is 12.2 Å². The lowest BCUT2D eigenvalue weighted by Gasteiger charge is -2.17. The molecular formula is C19H16ClFO3. The van der Waals surface area contributed by atoms with Gasteiger partial charge >= 0.3 is 0 Å². The summed E-state index contributed by atoms with van der Waals surface area (Å²) in [7, 11) is 0. The number of benzene rings is 2. The molecular weight excluding hydrogens is 331 g/mol. The average molecular weight is 347 g/mol. The van der Waals surface area contributed by atoms with Crippen LogP contribution in [0.1, 0.15) is 17.5 Å². The molecule has 0 saturated carbocycles. The largest absolute Gasteiger partial charge is 0.493 e. The first-order valence-electron chi connectivity index (χ1n) is 7.65. The highest BCUT2D eigenvalue weighted by atomic mass is 35.5. The van der Waals surface area contributed by atoms with Crippen molar-refractivity contribution in [2.45, 2.75) is 12.8 Å². The van der Waals surface area contributed by atoms with Gasteiger partial charge in [-0.3, -0.25) is 4.79 Å². The maximum absolute atomic E-state index is 14.1. The van der Waals surface area contributed by atoms with Crippen molar-refractivity contribution in [3.63, 3.8) is 0 Å². The van der Waals surface area contributed by atoms with Gasteiger partial charge in [-0.1, -0.05) is 23.7 Å². The highest BCUT2D eigenvalue weighted by Crippen LogP contribution is 2.32. The molecule has 0 radical (unpaired) electrons. The zero-order chi connectivity index (χ0) is 16.9. The monoisotopic (exact) mass is 346 g/mol. The zero-order valence-corrected chi connectivity index (χ0v) is 13.7. The summed E-state index contributed by atoms with van der Waals surface area (Å²) in [6, 6.07) is 10.6. The fraction of sp³-hybridized carbons (Fsp3) is 0.211. The molecule has 0 aromatic heterocycles. The van der Waals surface area contributed by atoms with Crippen molar-refractivity contribution in [1.29, 1.82) is 0 Å². The highest BCUT2D eigenvalue weighted by Gasteiger charge is 2.17. The summed E-state index contributed by atoms with van der Waals surface area (Å²) in [5.41, 5.74) is 1.88. The van der Waals surface area contributed by atoms with Gasteiger partial charge in [-0.2, -0.15) is 0 Å². The minimum absolute atomic E-state index is 0.149. The molecule has 0 bridgehead atoms. The molecule has 0 aliphatic carbocycles. The zero-order valence-electron chi connectivity index (χ0n) is 12.9. The van der Waals surface area contributed by atoms with Crippen molar-refractivity contribution < 1.29 is 18.7 Å². The summed E-state index contributed by atoms with van der Waals surface area (Å²) >= 11 is 5.85. The molecule has 5 heteroatoms. The van der Waals surface area contributed by atoms with E-state index in [2.05, 4.69) is 0 Å². The smallest absolute Gasteiger partial charge is 0.149 e. The molecule has 0 saturated heterocycles. The Labute approximate surface area is 144 Å². The number of fused-ring (bicyclic) bond motifs is 1. The molecule has 124 valence electrons. The second kappa shape index (κ2) is 7.49. The molecule has 0 N–H and O–H groups in total. The Morgan fingerprint density at radius 1 is 1.25 bits per heavy atom. The summed E-state index contributed by atoms with van der Waals surface area (Å²) in [4.78, 5) is 10.8. The molecule has 0 amide bonds. The van der Waals surface area contributed by atoms with Crippen LogP contribution in [0, 0.1) is 5.82 Å². The third kappa shape index (κ3) is 3.95. The first-order valence-corrected chi connectivity index (χ1v) is 8.03. The fourth-order valence-electron chi connectivity index (χ4n) is 2.49. The maximum Gasteiger partial charge on any atom is 0.149 e. The minimum Gasteiger partial charge on any atom is -0.493 e. The maximum atomic E-state index is 14.1. The molecule has 2 aromatic carbocycles. The van der Waals surface area contributed by atoms with E-state index in [4.69, 9.17) is 21.1 Å². The first kappa shape index (κ1) is 16.5. The Morgan fingerprint density at radius 2 is 2.04 bits per heavy atom. The van der Waals surface area contributed by atoms with Gasteiger partial charge in [0.15, 0.2) is 0 Å². The number of aryl methyl sites for hydroxylation is 1. The Balaban J connectivity index is 1.58. The third-order valence-corrected chi connectivity index (χ3v) is 3.98. The van der Waals surface area contributed by atoms with Gasteiger partial charge in [-0.15, -0.1) is 0 Å². The Hall–Kier alpha value is -2.33. The number of carbonyl (C=O) groups is 1. The lowest BCUT2D eigenvalue weighted by molar-refractivity contribution is -0.105. The van der Waals surface area contributed by atoms with Crippen LogP contribution in [0.15, 0.2) is 42.0 Å². The summed E-state index contributed by atoms with van der Waals surface area (Å²) in [6.07, 6.45) is 3.83. The third-order valence-electron chi connectivity index (χ3n) is 3.73. The molecule has 0 fully saturated rings. The van der Waals surface area contributed by atoms with Gasteiger partial charge in [0, 0.05) is 22.7 Å². The lowest BCUT2D eigenvalue weighted by atomic mass is 10.1. The van der Waals surface area contributed by atoms with Gasteiger partial charge in [0.1, 0.15) is 30.2 Å². The Bertz CT molecular complexity index is 769. The van der Waals surface area contributed by atoms with Crippen LogP contribution in [0.2, 0.25) is 5.02 Å². The molecule has 1 aliphatic rings. The standard InChI is InChI=1S/C19H16ClFO3/c20-15-5-3-13(4-6-15)2-1-7-23-16-9-18(21)17-8-14(11-22)12-24-19(17)10-16/h3-6,8-11H,1-2,7,12H2. The summed E-state index contributed by atoms with van der Waals surface area (Å²) in [5, 5.41) is 0.714. The van der Waals surface area contributed by atoms with Crippen LogP contribution in [0.25, 0.3) is 6.08 Å². The molecule has 0 atom stereocenters. The van der Waals surface area contributed by atoms with Gasteiger partial charge in [0.25, 0.3) is 0 Å². The van der Waals surface area contributed by atoms with Crippen molar-refractivity contribution in [3.8, 4) is 11.5 Å². The number of halogens is 2. The number of aldehydes is 1. The summed E-state index contributed by atoms with van der Waals surface area (Å²) in [6.45, 7) is 0.617. The van der Waals surface area contributed by atoms with Gasteiger partial charge < -0.3 is 9.47 Å². The second-order valence-corrected chi connectivity index (χ2v) is 5.96. The van der Waals surface area contributed by atoms with Crippen LogP contribution in [0.4, 0.5) is 4.39 Å². The minimum atomic E-state index is -0.459. The van der Waals surface area contributed by atoms with Gasteiger partial charge in [-0.05, 0) is 36.6 Å². The molecule has 24 heavy (non-hydrogen) atoms. The van der Waals surface area contributed by atoms with Crippen molar-refractivity contribution in [2.75, 3.05) is 13.2 Å². The van der Waals surface area contributed by atoms with E-state index in [0.29, 0.717) is 35.0 Å². The molecule has 0 unspecified atom stereocenters. The van der Waals surface area contributed by atoms with Crippen molar-refractivity contribution in [2.24, 2.45) is 0 Å². The van der Waals surface area contributed by atoms with E-state index in [1.807, 2.05) is 24.3 Å². The van der Waals surface area contributed by atoms with E-state index < -0.39 is 5.82 Å². The molecule has 3 rings (SSSR count).